The van der Waals surface area contributed by atoms with Crippen LogP contribution in [0.25, 0.3) is 0 Å². The van der Waals surface area contributed by atoms with E-state index in [4.69, 9.17) is 13.8 Å². The van der Waals surface area contributed by atoms with Crippen LogP contribution in [0.5, 0.6) is 0 Å². The zero-order valence-corrected chi connectivity index (χ0v) is 13.9. The van der Waals surface area contributed by atoms with Crippen molar-refractivity contribution in [1.82, 2.24) is 0 Å². The summed E-state index contributed by atoms with van der Waals surface area (Å²) in [6, 6.07) is 0. The van der Waals surface area contributed by atoms with Crippen LogP contribution in [-0.2, 0) is 23.1 Å². The molecule has 0 aromatic carbocycles. The average molecular weight is 310 g/mol. The fourth-order valence-corrected chi connectivity index (χ4v) is 4.70. The van der Waals surface area contributed by atoms with Crippen molar-refractivity contribution < 1.29 is 28.3 Å². The van der Waals surface area contributed by atoms with Gasteiger partial charge in [-0.25, -0.2) is 4.79 Å². The van der Waals surface area contributed by atoms with Crippen LogP contribution in [0.3, 0.4) is 0 Å². The van der Waals surface area contributed by atoms with Crippen molar-refractivity contribution in [3.8, 4) is 0 Å². The normalized spacial score (nSPS) is 14.1. The Labute approximate surface area is 121 Å². The van der Waals surface area contributed by atoms with E-state index < -0.39 is 24.8 Å². The highest BCUT2D eigenvalue weighted by Gasteiger charge is 2.56. The topological polar surface area (TPSA) is 82.1 Å². The third kappa shape index (κ3) is 3.82. The summed E-state index contributed by atoms with van der Waals surface area (Å²) in [6.07, 6.45) is -0.983. The minimum absolute atomic E-state index is 0.146. The molecule has 20 heavy (non-hydrogen) atoms. The van der Waals surface area contributed by atoms with Crippen molar-refractivity contribution >= 4 is 13.6 Å². The quantitative estimate of drug-likeness (QED) is 0.493. The van der Waals surface area contributed by atoms with Gasteiger partial charge in [-0.15, -0.1) is 0 Å². The Kier molecular flexibility index (Phi) is 8.59. The Hall–Kier alpha value is -0.420. The first-order valence-corrected chi connectivity index (χ1v) is 8.67. The minimum Gasteiger partial charge on any atom is -0.464 e. The molecular formula is C13H27O6P. The molecule has 120 valence electrons. The van der Waals surface area contributed by atoms with E-state index in [2.05, 4.69) is 0 Å². The Morgan fingerprint density at radius 2 is 1.50 bits per heavy atom. The molecule has 0 amide bonds. The van der Waals surface area contributed by atoms with Crippen LogP contribution in [0, 0.1) is 0 Å². The van der Waals surface area contributed by atoms with Gasteiger partial charge in [-0.1, -0.05) is 13.8 Å². The number of aliphatic hydroxyl groups is 1. The second kappa shape index (κ2) is 8.78. The van der Waals surface area contributed by atoms with Gasteiger partial charge in [-0.3, -0.25) is 4.57 Å². The lowest BCUT2D eigenvalue weighted by Gasteiger charge is -2.39. The molecule has 0 spiro atoms. The van der Waals surface area contributed by atoms with E-state index in [1.165, 1.54) is 0 Å². The fraction of sp³-hybridized carbons (Fsp3) is 0.923. The largest absolute Gasteiger partial charge is 0.464 e. The maximum Gasteiger partial charge on any atom is 0.339 e. The van der Waals surface area contributed by atoms with Crippen molar-refractivity contribution in [2.75, 3.05) is 19.8 Å². The van der Waals surface area contributed by atoms with Crippen molar-refractivity contribution in [3.63, 3.8) is 0 Å². The molecule has 0 fully saturated rings. The second-order valence-corrected chi connectivity index (χ2v) is 6.70. The number of carbonyl (C=O) groups is 1. The molecule has 0 saturated heterocycles. The minimum atomic E-state index is -3.64. The molecule has 0 aliphatic rings. The van der Waals surface area contributed by atoms with Crippen LogP contribution >= 0.6 is 7.60 Å². The lowest BCUT2D eigenvalue weighted by Crippen LogP contribution is -2.47. The molecular weight excluding hydrogens is 283 g/mol. The molecule has 0 saturated carbocycles. The Morgan fingerprint density at radius 1 is 1.05 bits per heavy atom. The van der Waals surface area contributed by atoms with Crippen LogP contribution in [0.4, 0.5) is 0 Å². The van der Waals surface area contributed by atoms with Crippen LogP contribution in [0.2, 0.25) is 0 Å². The van der Waals surface area contributed by atoms with Gasteiger partial charge < -0.3 is 18.9 Å². The maximum absolute atomic E-state index is 13.0. The standard InChI is InChI=1S/C13H27O6P/c1-6-13(7-2,11(14)12(15)17-8-3)20(16,18-9-4)19-10-5/h11,14H,6-10H2,1-5H3. The smallest absolute Gasteiger partial charge is 0.339 e. The molecule has 0 heterocycles. The van der Waals surface area contributed by atoms with Gasteiger partial charge in [-0.05, 0) is 33.6 Å². The lowest BCUT2D eigenvalue weighted by molar-refractivity contribution is -0.155. The summed E-state index contributed by atoms with van der Waals surface area (Å²) in [7, 11) is -3.64. The predicted molar refractivity (Wildman–Crippen MR) is 76.8 cm³/mol. The zero-order valence-electron chi connectivity index (χ0n) is 13.0. The lowest BCUT2D eigenvalue weighted by atomic mass is 9.95. The first kappa shape index (κ1) is 19.6. The molecule has 0 aromatic rings. The van der Waals surface area contributed by atoms with Crippen LogP contribution in [-0.4, -0.2) is 42.2 Å². The predicted octanol–water partition coefficient (Wildman–Crippen LogP) is 2.74. The van der Waals surface area contributed by atoms with Crippen molar-refractivity contribution in [2.45, 2.75) is 58.7 Å². The summed E-state index contributed by atoms with van der Waals surface area (Å²) < 4.78 is 28.5. The van der Waals surface area contributed by atoms with E-state index in [-0.39, 0.29) is 32.7 Å². The van der Waals surface area contributed by atoms with Gasteiger partial charge >= 0.3 is 13.6 Å². The van der Waals surface area contributed by atoms with E-state index in [0.717, 1.165) is 0 Å². The zero-order chi connectivity index (χ0) is 15.8. The van der Waals surface area contributed by atoms with E-state index >= 15 is 0 Å². The van der Waals surface area contributed by atoms with Crippen LogP contribution in [0.15, 0.2) is 0 Å². The average Bonchev–Trinajstić information content (AvgIpc) is 2.41. The number of aliphatic hydroxyl groups excluding tert-OH is 1. The summed E-state index contributed by atoms with van der Waals surface area (Å²) >= 11 is 0. The molecule has 0 rings (SSSR count). The monoisotopic (exact) mass is 310 g/mol. The number of hydrogen-bond donors (Lipinski definition) is 1. The molecule has 0 aliphatic carbocycles. The summed E-state index contributed by atoms with van der Waals surface area (Å²) in [5.41, 5.74) is 0. The number of hydrogen-bond acceptors (Lipinski definition) is 6. The molecule has 7 heteroatoms. The number of carbonyl (C=O) groups excluding carboxylic acids is 1. The highest BCUT2D eigenvalue weighted by Crippen LogP contribution is 2.64. The number of esters is 1. The van der Waals surface area contributed by atoms with Gasteiger partial charge in [-0.2, -0.15) is 0 Å². The highest BCUT2D eigenvalue weighted by atomic mass is 31.2. The summed E-state index contributed by atoms with van der Waals surface area (Å²) in [5, 5.41) is 9.05. The SMILES string of the molecule is CCOC(=O)C(O)C(CC)(CC)P(=O)(OCC)OCC. The van der Waals surface area contributed by atoms with Gasteiger partial charge in [0.15, 0.2) is 6.10 Å². The number of ether oxygens (including phenoxy) is 1. The first-order chi connectivity index (χ1) is 9.38. The summed E-state index contributed by atoms with van der Waals surface area (Å²) in [4.78, 5) is 11.9. The highest BCUT2D eigenvalue weighted by molar-refractivity contribution is 7.55. The summed E-state index contributed by atoms with van der Waals surface area (Å²) in [5.74, 6) is -0.796. The molecule has 0 aromatic heterocycles. The molecule has 0 radical (unpaired) electrons. The third-order valence-corrected chi connectivity index (χ3v) is 6.55. The molecule has 1 atom stereocenters. The van der Waals surface area contributed by atoms with Crippen molar-refractivity contribution in [3.05, 3.63) is 0 Å². The molecule has 0 aliphatic heterocycles. The van der Waals surface area contributed by atoms with Crippen LogP contribution < -0.4 is 0 Å². The Balaban J connectivity index is 5.65. The molecule has 6 nitrogen and oxygen atoms in total. The third-order valence-electron chi connectivity index (χ3n) is 3.39. The van der Waals surface area contributed by atoms with Crippen molar-refractivity contribution in [2.24, 2.45) is 0 Å². The van der Waals surface area contributed by atoms with E-state index in [1.807, 2.05) is 0 Å². The molecule has 0 bridgehead atoms. The number of rotatable bonds is 10. The van der Waals surface area contributed by atoms with E-state index in [9.17, 15) is 14.5 Å². The van der Waals surface area contributed by atoms with Gasteiger partial charge in [0, 0.05) is 0 Å². The van der Waals surface area contributed by atoms with Crippen molar-refractivity contribution in [1.29, 1.82) is 0 Å². The molecule has 1 N–H and O–H groups in total. The van der Waals surface area contributed by atoms with E-state index in [1.54, 1.807) is 34.6 Å². The van der Waals surface area contributed by atoms with Gasteiger partial charge in [0.1, 0.15) is 5.16 Å². The fourth-order valence-electron chi connectivity index (χ4n) is 2.25. The Bertz CT molecular complexity index is 330. The van der Waals surface area contributed by atoms with Gasteiger partial charge in [0.25, 0.3) is 0 Å². The van der Waals surface area contributed by atoms with Gasteiger partial charge in [0.2, 0.25) is 0 Å². The van der Waals surface area contributed by atoms with Crippen LogP contribution in [0.1, 0.15) is 47.5 Å². The first-order valence-electron chi connectivity index (χ1n) is 7.12. The molecule has 1 unspecified atom stereocenters. The maximum atomic E-state index is 13.0. The second-order valence-electron chi connectivity index (χ2n) is 4.30. The Morgan fingerprint density at radius 3 is 1.80 bits per heavy atom. The summed E-state index contributed by atoms with van der Waals surface area (Å²) in [6.45, 7) is 9.02. The van der Waals surface area contributed by atoms with Gasteiger partial charge in [0.05, 0.1) is 19.8 Å². The van der Waals surface area contributed by atoms with E-state index in [0.29, 0.717) is 0 Å².